The SMILES string of the molecule is Cc1ccc(Nc2ncnc3cc(NC(=O)NC(=O)c4ccccc4)ccc23)cc1. The number of hydrogen-bond acceptors (Lipinski definition) is 5. The zero-order valence-corrected chi connectivity index (χ0v) is 16.2. The Morgan fingerprint density at radius 2 is 1.57 bits per heavy atom. The van der Waals surface area contributed by atoms with Crippen LogP contribution in [0, 0.1) is 6.92 Å². The van der Waals surface area contributed by atoms with E-state index in [9.17, 15) is 9.59 Å². The van der Waals surface area contributed by atoms with Gasteiger partial charge in [-0.05, 0) is 49.4 Å². The van der Waals surface area contributed by atoms with Crippen molar-refractivity contribution < 1.29 is 9.59 Å². The first-order chi connectivity index (χ1) is 14.6. The van der Waals surface area contributed by atoms with Crippen molar-refractivity contribution >= 4 is 40.0 Å². The van der Waals surface area contributed by atoms with Crippen LogP contribution in [0.25, 0.3) is 10.9 Å². The Morgan fingerprint density at radius 3 is 2.33 bits per heavy atom. The highest BCUT2D eigenvalue weighted by molar-refractivity contribution is 6.08. The highest BCUT2D eigenvalue weighted by Crippen LogP contribution is 2.25. The van der Waals surface area contributed by atoms with Crippen LogP contribution in [0.3, 0.4) is 0 Å². The lowest BCUT2D eigenvalue weighted by Crippen LogP contribution is -2.34. The maximum Gasteiger partial charge on any atom is 0.326 e. The fraction of sp³-hybridized carbons (Fsp3) is 0.0435. The van der Waals surface area contributed by atoms with Gasteiger partial charge in [0, 0.05) is 22.3 Å². The molecule has 0 unspecified atom stereocenters. The number of carbonyl (C=O) groups is 2. The number of fused-ring (bicyclic) bond motifs is 1. The summed E-state index contributed by atoms with van der Waals surface area (Å²) >= 11 is 0. The fourth-order valence-corrected chi connectivity index (χ4v) is 2.94. The smallest absolute Gasteiger partial charge is 0.326 e. The van der Waals surface area contributed by atoms with Gasteiger partial charge in [-0.15, -0.1) is 0 Å². The van der Waals surface area contributed by atoms with Crippen LogP contribution in [0.4, 0.5) is 22.0 Å². The number of aryl methyl sites for hydroxylation is 1. The summed E-state index contributed by atoms with van der Waals surface area (Å²) in [6.45, 7) is 2.03. The van der Waals surface area contributed by atoms with Gasteiger partial charge in [0.15, 0.2) is 0 Å². The Bertz CT molecular complexity index is 1210. The monoisotopic (exact) mass is 397 g/mol. The molecule has 7 heteroatoms. The van der Waals surface area contributed by atoms with Gasteiger partial charge in [-0.2, -0.15) is 0 Å². The minimum absolute atomic E-state index is 0.408. The average molecular weight is 397 g/mol. The predicted octanol–water partition coefficient (Wildman–Crippen LogP) is 4.64. The molecule has 0 saturated heterocycles. The van der Waals surface area contributed by atoms with E-state index in [4.69, 9.17) is 0 Å². The van der Waals surface area contributed by atoms with Crippen LogP contribution in [0.15, 0.2) is 79.1 Å². The van der Waals surface area contributed by atoms with Gasteiger partial charge in [0.25, 0.3) is 5.91 Å². The third-order valence-electron chi connectivity index (χ3n) is 4.47. The van der Waals surface area contributed by atoms with Gasteiger partial charge in [-0.1, -0.05) is 35.9 Å². The van der Waals surface area contributed by atoms with Crippen LogP contribution < -0.4 is 16.0 Å². The van der Waals surface area contributed by atoms with Crippen molar-refractivity contribution in [3.63, 3.8) is 0 Å². The molecule has 0 saturated carbocycles. The molecule has 3 N–H and O–H groups in total. The standard InChI is InChI=1S/C23H19N5O2/c1-15-7-9-17(10-8-15)26-21-19-12-11-18(13-20(19)24-14-25-21)27-23(30)28-22(29)16-5-3-2-4-6-16/h2-14H,1H3,(H,24,25,26)(H2,27,28,29,30). The molecule has 7 nitrogen and oxygen atoms in total. The van der Waals surface area contributed by atoms with Crippen LogP contribution in [0.5, 0.6) is 0 Å². The molecule has 0 aliphatic heterocycles. The minimum Gasteiger partial charge on any atom is -0.340 e. The zero-order valence-electron chi connectivity index (χ0n) is 16.2. The summed E-state index contributed by atoms with van der Waals surface area (Å²) in [5, 5.41) is 9.06. The second-order valence-electron chi connectivity index (χ2n) is 6.72. The first-order valence-electron chi connectivity index (χ1n) is 9.34. The summed E-state index contributed by atoms with van der Waals surface area (Å²) < 4.78 is 0. The number of aromatic nitrogens is 2. The van der Waals surface area contributed by atoms with E-state index in [0.29, 0.717) is 22.6 Å². The van der Waals surface area contributed by atoms with Crippen molar-refractivity contribution in [2.24, 2.45) is 0 Å². The van der Waals surface area contributed by atoms with E-state index in [1.54, 1.807) is 42.5 Å². The topological polar surface area (TPSA) is 96.0 Å². The molecule has 0 fully saturated rings. The number of hydrogen-bond donors (Lipinski definition) is 3. The first-order valence-corrected chi connectivity index (χ1v) is 9.34. The van der Waals surface area contributed by atoms with E-state index in [2.05, 4.69) is 25.9 Å². The molecule has 1 aromatic heterocycles. The maximum atomic E-state index is 12.2. The highest BCUT2D eigenvalue weighted by atomic mass is 16.2. The Labute approximate surface area is 173 Å². The lowest BCUT2D eigenvalue weighted by molar-refractivity contribution is 0.0967. The molecule has 0 aliphatic carbocycles. The van der Waals surface area contributed by atoms with Crippen LogP contribution in [-0.4, -0.2) is 21.9 Å². The number of rotatable bonds is 4. The predicted molar refractivity (Wildman–Crippen MR) is 117 cm³/mol. The van der Waals surface area contributed by atoms with Crippen molar-refractivity contribution in [2.45, 2.75) is 6.92 Å². The maximum absolute atomic E-state index is 12.2. The average Bonchev–Trinajstić information content (AvgIpc) is 2.76. The molecule has 3 aromatic carbocycles. The molecule has 0 spiro atoms. The summed E-state index contributed by atoms with van der Waals surface area (Å²) in [6.07, 6.45) is 1.46. The summed E-state index contributed by atoms with van der Waals surface area (Å²) in [4.78, 5) is 32.9. The third-order valence-corrected chi connectivity index (χ3v) is 4.47. The van der Waals surface area contributed by atoms with Gasteiger partial charge in [-0.3, -0.25) is 10.1 Å². The Balaban J connectivity index is 1.49. The van der Waals surface area contributed by atoms with Crippen molar-refractivity contribution in [3.05, 3.63) is 90.3 Å². The summed E-state index contributed by atoms with van der Waals surface area (Å²) in [6, 6.07) is 21.2. The summed E-state index contributed by atoms with van der Waals surface area (Å²) in [7, 11) is 0. The van der Waals surface area contributed by atoms with Crippen LogP contribution in [-0.2, 0) is 0 Å². The van der Waals surface area contributed by atoms with Crippen LogP contribution in [0.2, 0.25) is 0 Å². The molecule has 4 aromatic rings. The number of nitrogens with one attached hydrogen (secondary N) is 3. The molecule has 0 aliphatic rings. The highest BCUT2D eigenvalue weighted by Gasteiger charge is 2.11. The summed E-state index contributed by atoms with van der Waals surface area (Å²) in [5.74, 6) is 0.194. The van der Waals surface area contributed by atoms with Gasteiger partial charge in [0.1, 0.15) is 12.1 Å². The van der Waals surface area contributed by atoms with E-state index in [1.807, 2.05) is 37.3 Å². The molecule has 0 bridgehead atoms. The van der Waals surface area contributed by atoms with E-state index >= 15 is 0 Å². The van der Waals surface area contributed by atoms with E-state index in [0.717, 1.165) is 11.1 Å². The first kappa shape index (κ1) is 19.1. The Kier molecular flexibility index (Phi) is 5.34. The van der Waals surface area contributed by atoms with E-state index in [1.165, 1.54) is 11.9 Å². The minimum atomic E-state index is -0.615. The largest absolute Gasteiger partial charge is 0.340 e. The molecule has 148 valence electrons. The molecule has 0 radical (unpaired) electrons. The number of anilines is 3. The quantitative estimate of drug-likeness (QED) is 0.466. The lowest BCUT2D eigenvalue weighted by atomic mass is 10.2. The number of imide groups is 1. The number of amides is 3. The lowest BCUT2D eigenvalue weighted by Gasteiger charge is -2.10. The molecule has 4 rings (SSSR count). The molecule has 30 heavy (non-hydrogen) atoms. The van der Waals surface area contributed by atoms with Crippen molar-refractivity contribution in [3.8, 4) is 0 Å². The summed E-state index contributed by atoms with van der Waals surface area (Å²) in [5.41, 5.74) is 3.67. The number of carbonyl (C=O) groups excluding carboxylic acids is 2. The van der Waals surface area contributed by atoms with Gasteiger partial charge < -0.3 is 10.6 Å². The second-order valence-corrected chi connectivity index (χ2v) is 6.72. The van der Waals surface area contributed by atoms with Gasteiger partial charge >= 0.3 is 6.03 Å². The Morgan fingerprint density at radius 1 is 0.833 bits per heavy atom. The van der Waals surface area contributed by atoms with E-state index in [-0.39, 0.29) is 0 Å². The normalized spacial score (nSPS) is 10.4. The molecule has 1 heterocycles. The van der Waals surface area contributed by atoms with Crippen LogP contribution >= 0.6 is 0 Å². The zero-order chi connectivity index (χ0) is 20.9. The number of nitrogens with zero attached hydrogens (tertiary/aromatic N) is 2. The fourth-order valence-electron chi connectivity index (χ4n) is 2.94. The number of benzene rings is 3. The Hall–Kier alpha value is -4.26. The van der Waals surface area contributed by atoms with Gasteiger partial charge in [0.05, 0.1) is 5.52 Å². The van der Waals surface area contributed by atoms with Crippen LogP contribution in [0.1, 0.15) is 15.9 Å². The molecule has 0 atom stereocenters. The van der Waals surface area contributed by atoms with Crippen molar-refractivity contribution in [2.75, 3.05) is 10.6 Å². The molecule has 3 amide bonds. The van der Waals surface area contributed by atoms with E-state index < -0.39 is 11.9 Å². The molecular weight excluding hydrogens is 378 g/mol. The molecular formula is C23H19N5O2. The third kappa shape index (κ3) is 4.41. The van der Waals surface area contributed by atoms with Gasteiger partial charge in [-0.25, -0.2) is 14.8 Å². The van der Waals surface area contributed by atoms with Gasteiger partial charge in [0.2, 0.25) is 0 Å². The van der Waals surface area contributed by atoms with Crippen molar-refractivity contribution in [1.82, 2.24) is 15.3 Å². The van der Waals surface area contributed by atoms with Crippen molar-refractivity contribution in [1.29, 1.82) is 0 Å². The number of urea groups is 1. The second kappa shape index (κ2) is 8.40.